The van der Waals surface area contributed by atoms with Gasteiger partial charge in [-0.3, -0.25) is 0 Å². The summed E-state index contributed by atoms with van der Waals surface area (Å²) in [5, 5.41) is 8.85. The van der Waals surface area contributed by atoms with E-state index in [2.05, 4.69) is 20.6 Å². The zero-order valence-electron chi connectivity index (χ0n) is 3.93. The van der Waals surface area contributed by atoms with Crippen LogP contribution in [0.25, 0.3) is 0 Å². The van der Waals surface area contributed by atoms with Gasteiger partial charge in [0.15, 0.2) is 0 Å². The fraction of sp³-hybridized carbons (Fsp3) is 1.00. The van der Waals surface area contributed by atoms with E-state index < -0.39 is 0 Å². The van der Waals surface area contributed by atoms with Gasteiger partial charge >= 0.3 is 7.69 Å². The zero-order valence-corrected chi connectivity index (χ0v) is 5.52. The molecule has 0 saturated carbocycles. The lowest BCUT2D eigenvalue weighted by Gasteiger charge is -1.91. The molecule has 0 aliphatic rings. The minimum Gasteiger partial charge on any atom is -0.429 e. The second-order valence-electron chi connectivity index (χ2n) is 1.02. The van der Waals surface area contributed by atoms with E-state index >= 15 is 0 Å². The lowest BCUT2D eigenvalue weighted by Crippen LogP contribution is -1.98. The lowest BCUT2D eigenvalue weighted by atomic mass is 10.4. The summed E-state index contributed by atoms with van der Waals surface area (Å²) >= 11 is 3.20. The van der Waals surface area contributed by atoms with Gasteiger partial charge in [0, 0.05) is 11.9 Å². The van der Waals surface area contributed by atoms with Gasteiger partial charge in [-0.25, -0.2) is 0 Å². The average molecular weight is 166 g/mol. The number of hydrogen-bond acceptors (Lipinski definition) is 2. The first kappa shape index (κ1) is 7.46. The summed E-state index contributed by atoms with van der Waals surface area (Å²) in [7, 11) is 0.711. The van der Waals surface area contributed by atoms with Crippen LogP contribution in [0.3, 0.4) is 0 Å². The van der Waals surface area contributed by atoms with E-state index in [1.807, 2.05) is 0 Å². The van der Waals surface area contributed by atoms with Crippen LogP contribution in [0.4, 0.5) is 0 Å². The molecule has 0 aliphatic carbocycles. The summed E-state index contributed by atoms with van der Waals surface area (Å²) < 4.78 is 4.47. The summed E-state index contributed by atoms with van der Waals surface area (Å²) in [5.41, 5.74) is 0. The number of hydrogen-bond donors (Lipinski definition) is 1. The van der Waals surface area contributed by atoms with Gasteiger partial charge in [0.05, 0.1) is 0 Å². The number of rotatable bonds is 4. The van der Waals surface area contributed by atoms with E-state index in [4.69, 9.17) is 5.02 Å². The normalized spacial score (nSPS) is 8.86. The van der Waals surface area contributed by atoms with Gasteiger partial charge in [0.1, 0.15) is 0 Å². The van der Waals surface area contributed by atoms with Crippen molar-refractivity contribution in [2.75, 3.05) is 11.9 Å². The van der Waals surface area contributed by atoms with Gasteiger partial charge in [-0.05, 0) is 6.42 Å². The van der Waals surface area contributed by atoms with Crippen molar-refractivity contribution in [3.8, 4) is 0 Å². The standard InChI is InChI=1S/C3H7BBrO2/c5-2-1-3-7-4-6/h6H,1-3H2. The van der Waals surface area contributed by atoms with Crippen molar-refractivity contribution in [2.45, 2.75) is 6.42 Å². The van der Waals surface area contributed by atoms with Crippen LogP contribution in [-0.2, 0) is 4.65 Å². The molecule has 1 N–H and O–H groups in total. The van der Waals surface area contributed by atoms with Gasteiger partial charge in [0.25, 0.3) is 0 Å². The molecule has 0 amide bonds. The summed E-state index contributed by atoms with van der Waals surface area (Å²) in [6.45, 7) is 0.585. The van der Waals surface area contributed by atoms with Gasteiger partial charge < -0.3 is 9.68 Å². The van der Waals surface area contributed by atoms with Crippen molar-refractivity contribution >= 4 is 23.6 Å². The van der Waals surface area contributed by atoms with Crippen LogP contribution in [-0.4, -0.2) is 24.6 Å². The molecular formula is C3H7BBrO2. The first-order chi connectivity index (χ1) is 3.41. The van der Waals surface area contributed by atoms with Crippen LogP contribution >= 0.6 is 15.9 Å². The first-order valence-electron chi connectivity index (χ1n) is 2.05. The van der Waals surface area contributed by atoms with Crippen LogP contribution in [0.15, 0.2) is 0 Å². The fourth-order valence-electron chi connectivity index (χ4n) is 0.191. The predicted molar refractivity (Wildman–Crippen MR) is 32.3 cm³/mol. The molecule has 7 heavy (non-hydrogen) atoms. The van der Waals surface area contributed by atoms with E-state index in [1.54, 1.807) is 0 Å². The molecule has 0 heterocycles. The molecule has 0 atom stereocenters. The molecule has 41 valence electrons. The quantitative estimate of drug-likeness (QED) is 0.370. The molecular weight excluding hydrogens is 159 g/mol. The number of alkyl halides is 1. The first-order valence-corrected chi connectivity index (χ1v) is 3.17. The van der Waals surface area contributed by atoms with Crippen LogP contribution in [0, 0.1) is 0 Å². The Bertz CT molecular complexity index is 32.1. The Hall–Kier alpha value is 0.465. The Morgan fingerprint density at radius 2 is 2.43 bits per heavy atom. The van der Waals surface area contributed by atoms with Gasteiger partial charge in [0.2, 0.25) is 0 Å². The molecule has 0 fully saturated rings. The second kappa shape index (κ2) is 6.46. The molecule has 0 bridgehead atoms. The molecule has 2 nitrogen and oxygen atoms in total. The third kappa shape index (κ3) is 6.46. The highest BCUT2D eigenvalue weighted by atomic mass is 79.9. The van der Waals surface area contributed by atoms with Crippen LogP contribution in [0.2, 0.25) is 0 Å². The maximum Gasteiger partial charge on any atom is 0.485 e. The van der Waals surface area contributed by atoms with Gasteiger partial charge in [-0.2, -0.15) is 0 Å². The second-order valence-corrected chi connectivity index (χ2v) is 1.81. The van der Waals surface area contributed by atoms with E-state index in [-0.39, 0.29) is 0 Å². The minimum atomic E-state index is 0.585. The highest BCUT2D eigenvalue weighted by molar-refractivity contribution is 9.09. The Morgan fingerprint density at radius 3 is 2.86 bits per heavy atom. The number of halogens is 1. The maximum absolute atomic E-state index is 7.93. The molecule has 0 aromatic heterocycles. The molecule has 0 spiro atoms. The lowest BCUT2D eigenvalue weighted by molar-refractivity contribution is 0.286. The van der Waals surface area contributed by atoms with Crippen LogP contribution in [0.5, 0.6) is 0 Å². The molecule has 0 aromatic rings. The highest BCUT2D eigenvalue weighted by Gasteiger charge is 1.83. The van der Waals surface area contributed by atoms with Crippen molar-refractivity contribution in [1.29, 1.82) is 0 Å². The average Bonchev–Trinajstić information content (AvgIpc) is 1.69. The van der Waals surface area contributed by atoms with Crippen molar-refractivity contribution in [3.05, 3.63) is 0 Å². The summed E-state index contributed by atoms with van der Waals surface area (Å²) in [6, 6.07) is 0. The van der Waals surface area contributed by atoms with E-state index in [0.717, 1.165) is 11.8 Å². The molecule has 0 unspecified atom stereocenters. The van der Waals surface area contributed by atoms with Crippen molar-refractivity contribution in [2.24, 2.45) is 0 Å². The topological polar surface area (TPSA) is 29.5 Å². The van der Waals surface area contributed by atoms with Crippen LogP contribution < -0.4 is 0 Å². The molecule has 0 rings (SSSR count). The third-order valence-electron chi connectivity index (χ3n) is 0.470. The van der Waals surface area contributed by atoms with Crippen molar-refractivity contribution in [3.63, 3.8) is 0 Å². The van der Waals surface area contributed by atoms with E-state index in [9.17, 15) is 0 Å². The van der Waals surface area contributed by atoms with E-state index in [1.165, 1.54) is 0 Å². The van der Waals surface area contributed by atoms with Crippen molar-refractivity contribution < 1.29 is 9.68 Å². The SMILES string of the molecule is O[B]OCCCBr. The van der Waals surface area contributed by atoms with Gasteiger partial charge in [-0.15, -0.1) is 0 Å². The Balaban J connectivity index is 2.45. The highest BCUT2D eigenvalue weighted by Crippen LogP contribution is 1.85. The Kier molecular flexibility index (Phi) is 6.89. The minimum absolute atomic E-state index is 0.585. The maximum atomic E-state index is 7.93. The predicted octanol–water partition coefficient (Wildman–Crippen LogP) is 0.314. The zero-order chi connectivity index (χ0) is 5.54. The van der Waals surface area contributed by atoms with E-state index in [0.29, 0.717) is 14.3 Å². The molecule has 0 aromatic carbocycles. The molecule has 1 radical (unpaired) electrons. The molecule has 0 aliphatic heterocycles. The largest absolute Gasteiger partial charge is 0.485 e. The van der Waals surface area contributed by atoms with Crippen LogP contribution in [0.1, 0.15) is 6.42 Å². The molecule has 0 saturated heterocycles. The summed E-state index contributed by atoms with van der Waals surface area (Å²) in [6.07, 6.45) is 0.928. The Morgan fingerprint density at radius 1 is 1.71 bits per heavy atom. The monoisotopic (exact) mass is 165 g/mol. The third-order valence-corrected chi connectivity index (χ3v) is 1.03. The summed E-state index contributed by atoms with van der Waals surface area (Å²) in [5.74, 6) is 0. The smallest absolute Gasteiger partial charge is 0.429 e. The molecule has 4 heteroatoms. The van der Waals surface area contributed by atoms with Crippen molar-refractivity contribution in [1.82, 2.24) is 0 Å². The fourth-order valence-corrected chi connectivity index (χ4v) is 0.420. The van der Waals surface area contributed by atoms with Gasteiger partial charge in [-0.1, -0.05) is 15.9 Å². The summed E-state index contributed by atoms with van der Waals surface area (Å²) in [4.78, 5) is 0. The Labute approximate surface area is 52.3 Å².